The molecule has 0 amide bonds. The molecule has 0 aromatic heterocycles. The van der Waals surface area contributed by atoms with E-state index in [0.717, 1.165) is 12.8 Å². The van der Waals surface area contributed by atoms with Crippen molar-refractivity contribution in [3.05, 3.63) is 10.2 Å². The van der Waals surface area contributed by atoms with Gasteiger partial charge in [-0.15, -0.1) is 3.89 Å². The Kier molecular flexibility index (Phi) is 3.58. The van der Waals surface area contributed by atoms with Crippen LogP contribution >= 0.6 is 28.3 Å². The van der Waals surface area contributed by atoms with Crippen molar-refractivity contribution in [3.63, 3.8) is 0 Å². The first-order chi connectivity index (χ1) is 5.66. The van der Waals surface area contributed by atoms with Crippen LogP contribution in [0.1, 0.15) is 19.8 Å². The predicted octanol–water partition coefficient (Wildman–Crippen LogP) is 3.16. The van der Waals surface area contributed by atoms with Crippen LogP contribution in [0.4, 0.5) is 3.89 Å². The summed E-state index contributed by atoms with van der Waals surface area (Å²) in [5.41, 5.74) is 1.24. The lowest BCUT2D eigenvalue weighted by Gasteiger charge is -2.05. The number of allylic oxidation sites excluding steroid dienone is 2. The van der Waals surface area contributed by atoms with Gasteiger partial charge in [-0.3, -0.25) is 0 Å². The van der Waals surface area contributed by atoms with Crippen LogP contribution in [-0.2, 0) is 0 Å². The molecule has 0 saturated heterocycles. The van der Waals surface area contributed by atoms with E-state index in [1.54, 1.807) is 6.92 Å². The highest BCUT2D eigenvalue weighted by Crippen LogP contribution is 2.34. The minimum Gasteiger partial charge on any atom is -0.305 e. The van der Waals surface area contributed by atoms with Crippen LogP contribution in [0, 0.1) is 11.3 Å². The van der Waals surface area contributed by atoms with Crippen molar-refractivity contribution in [2.24, 2.45) is 5.92 Å². The average molecular weight is 253 g/mol. The first-order valence-corrected chi connectivity index (χ1v) is 5.16. The van der Waals surface area contributed by atoms with Crippen LogP contribution in [0.15, 0.2) is 10.2 Å². The fourth-order valence-electron chi connectivity index (χ4n) is 0.856. The van der Waals surface area contributed by atoms with E-state index < -0.39 is 0 Å². The maximum atomic E-state index is 11.8. The largest absolute Gasteiger partial charge is 0.305 e. The Balaban J connectivity index is 2.58. The molecule has 0 radical (unpaired) electrons. The van der Waals surface area contributed by atoms with E-state index in [9.17, 15) is 3.89 Å². The van der Waals surface area contributed by atoms with Crippen molar-refractivity contribution in [3.8, 4) is 0 Å². The van der Waals surface area contributed by atoms with Gasteiger partial charge in [-0.05, 0) is 35.7 Å². The molecule has 0 aromatic carbocycles. The SMILES string of the molecule is C/C(NSF)=C(\Br)C(=N)C1CC1. The summed E-state index contributed by atoms with van der Waals surface area (Å²) in [6, 6.07) is 0. The van der Waals surface area contributed by atoms with Crippen molar-refractivity contribution in [1.29, 1.82) is 5.41 Å². The van der Waals surface area contributed by atoms with Gasteiger partial charge in [-0.25, -0.2) is 0 Å². The molecule has 1 saturated carbocycles. The number of hydrogen-bond donors (Lipinski definition) is 2. The van der Waals surface area contributed by atoms with E-state index >= 15 is 0 Å². The van der Waals surface area contributed by atoms with Gasteiger partial charge in [0.15, 0.2) is 12.3 Å². The third kappa shape index (κ3) is 2.48. The lowest BCUT2D eigenvalue weighted by Crippen LogP contribution is -2.07. The fraction of sp³-hybridized carbons (Fsp3) is 0.571. The molecule has 12 heavy (non-hydrogen) atoms. The van der Waals surface area contributed by atoms with Gasteiger partial charge >= 0.3 is 0 Å². The lowest BCUT2D eigenvalue weighted by atomic mass is 10.2. The Bertz CT molecular complexity index is 225. The van der Waals surface area contributed by atoms with E-state index in [1.165, 1.54) is 0 Å². The number of halogens is 2. The zero-order chi connectivity index (χ0) is 9.14. The third-order valence-electron chi connectivity index (χ3n) is 1.74. The molecule has 2 nitrogen and oxygen atoms in total. The van der Waals surface area contributed by atoms with Gasteiger partial charge in [0.2, 0.25) is 0 Å². The topological polar surface area (TPSA) is 35.9 Å². The van der Waals surface area contributed by atoms with Crippen molar-refractivity contribution in [2.75, 3.05) is 0 Å². The van der Waals surface area contributed by atoms with Gasteiger partial charge in [0.05, 0.1) is 10.2 Å². The van der Waals surface area contributed by atoms with Gasteiger partial charge in [0.1, 0.15) is 0 Å². The molecule has 1 aliphatic rings. The molecular formula is C7H10BrFN2S. The second-order valence-electron chi connectivity index (χ2n) is 2.81. The molecule has 2 N–H and O–H groups in total. The maximum Gasteiger partial charge on any atom is 0.162 e. The van der Waals surface area contributed by atoms with Crippen LogP contribution in [-0.4, -0.2) is 5.71 Å². The van der Waals surface area contributed by atoms with Crippen LogP contribution in [0.5, 0.6) is 0 Å². The van der Waals surface area contributed by atoms with Gasteiger partial charge in [0, 0.05) is 11.6 Å². The van der Waals surface area contributed by atoms with Gasteiger partial charge < -0.3 is 10.1 Å². The molecule has 0 aromatic rings. The highest BCUT2D eigenvalue weighted by molar-refractivity contribution is 9.12. The maximum absolute atomic E-state index is 11.8. The molecule has 0 spiro atoms. The molecule has 1 fully saturated rings. The summed E-state index contributed by atoms with van der Waals surface area (Å²) in [5, 5.41) is 7.64. The van der Waals surface area contributed by atoms with E-state index in [-0.39, 0.29) is 12.3 Å². The van der Waals surface area contributed by atoms with Crippen molar-refractivity contribution in [1.82, 2.24) is 4.72 Å². The zero-order valence-corrected chi connectivity index (χ0v) is 9.06. The first-order valence-electron chi connectivity index (χ1n) is 3.65. The standard InChI is InChI=1S/C7H10BrFN2S/c1-4(11-12-9)6(8)7(10)5-2-3-5/h5,10-11H,2-3H2,1H3/b6-4+,10-7?. The lowest BCUT2D eigenvalue weighted by molar-refractivity contribution is 0.916. The summed E-state index contributed by atoms with van der Waals surface area (Å²) in [4.78, 5) is 0. The molecule has 5 heteroatoms. The molecule has 0 atom stereocenters. The van der Waals surface area contributed by atoms with Gasteiger partial charge in [-0.2, -0.15) is 0 Å². The van der Waals surface area contributed by atoms with Crippen LogP contribution in [0.25, 0.3) is 0 Å². The third-order valence-corrected chi connectivity index (χ3v) is 3.15. The minimum absolute atomic E-state index is 0.0530. The van der Waals surface area contributed by atoms with Crippen LogP contribution in [0.3, 0.4) is 0 Å². The summed E-state index contributed by atoms with van der Waals surface area (Å²) >= 11 is 3.32. The Hall–Kier alpha value is -0.0300. The normalized spacial score (nSPS) is 18.6. The minimum atomic E-state index is 0.0530. The van der Waals surface area contributed by atoms with Crippen molar-refractivity contribution >= 4 is 34.0 Å². The number of hydrogen-bond acceptors (Lipinski definition) is 3. The van der Waals surface area contributed by atoms with Gasteiger partial charge in [0.25, 0.3) is 0 Å². The second-order valence-corrected chi connectivity index (χ2v) is 3.96. The molecule has 1 rings (SSSR count). The zero-order valence-electron chi connectivity index (χ0n) is 6.66. The smallest absolute Gasteiger partial charge is 0.162 e. The Morgan fingerprint density at radius 3 is 2.67 bits per heavy atom. The van der Waals surface area contributed by atoms with Crippen LogP contribution < -0.4 is 4.72 Å². The van der Waals surface area contributed by atoms with Gasteiger partial charge in [-0.1, -0.05) is 0 Å². The highest BCUT2D eigenvalue weighted by atomic mass is 79.9. The van der Waals surface area contributed by atoms with Crippen molar-refractivity contribution < 1.29 is 3.89 Å². The summed E-state index contributed by atoms with van der Waals surface area (Å²) in [6.07, 6.45) is 2.17. The Morgan fingerprint density at radius 2 is 2.25 bits per heavy atom. The molecule has 0 heterocycles. The Morgan fingerprint density at radius 1 is 1.67 bits per heavy atom. The van der Waals surface area contributed by atoms with E-state index in [0.29, 0.717) is 21.8 Å². The quantitative estimate of drug-likeness (QED) is 0.596. The number of rotatable bonds is 4. The fourth-order valence-corrected chi connectivity index (χ4v) is 1.63. The van der Waals surface area contributed by atoms with Crippen molar-refractivity contribution in [2.45, 2.75) is 19.8 Å². The Labute approximate surface area is 84.1 Å². The average Bonchev–Trinajstić information content (AvgIpc) is 2.84. The molecular weight excluding hydrogens is 243 g/mol. The predicted molar refractivity (Wildman–Crippen MR) is 53.9 cm³/mol. The molecule has 1 aliphatic carbocycles. The molecule has 0 unspecified atom stereocenters. The number of nitrogens with one attached hydrogen (secondary N) is 2. The van der Waals surface area contributed by atoms with E-state index in [1.807, 2.05) is 0 Å². The summed E-state index contributed by atoms with van der Waals surface area (Å²) in [6.45, 7) is 1.74. The molecule has 0 aliphatic heterocycles. The first kappa shape index (κ1) is 10.1. The van der Waals surface area contributed by atoms with Crippen LogP contribution in [0.2, 0.25) is 0 Å². The van der Waals surface area contributed by atoms with E-state index in [4.69, 9.17) is 5.41 Å². The summed E-state index contributed by atoms with van der Waals surface area (Å²) < 4.78 is 14.9. The summed E-state index contributed by atoms with van der Waals surface area (Å²) in [7, 11) is 0. The molecule has 0 bridgehead atoms. The highest BCUT2D eigenvalue weighted by Gasteiger charge is 2.28. The molecule has 68 valence electrons. The van der Waals surface area contributed by atoms with E-state index in [2.05, 4.69) is 20.7 Å². The summed E-state index contributed by atoms with van der Waals surface area (Å²) in [5.74, 6) is 0.390. The second kappa shape index (κ2) is 4.28. The monoisotopic (exact) mass is 252 g/mol.